The molecule has 0 saturated heterocycles. The lowest BCUT2D eigenvalue weighted by molar-refractivity contribution is -0.109. The summed E-state index contributed by atoms with van der Waals surface area (Å²) in [5, 5.41) is 32.8. The molecule has 0 radical (unpaired) electrons. The zero-order valence-electron chi connectivity index (χ0n) is 79.4. The third-order valence-corrected chi connectivity index (χ3v) is 28.8. The van der Waals surface area contributed by atoms with Crippen LogP contribution in [-0.2, 0) is 84.9 Å². The number of halogens is 8. The summed E-state index contributed by atoms with van der Waals surface area (Å²) in [5.74, 6) is 1.96. The number of hydrogen-bond acceptors (Lipinski definition) is 24. The van der Waals surface area contributed by atoms with Crippen molar-refractivity contribution in [2.24, 2.45) is 35.0 Å². The lowest BCUT2D eigenvalue weighted by Crippen LogP contribution is -2.36. The molecule has 10 heterocycles. The maximum absolute atomic E-state index is 11.7. The Morgan fingerprint density at radius 2 is 0.624 bits per heavy atom. The van der Waals surface area contributed by atoms with E-state index in [1.807, 2.05) is 143 Å². The molecule has 6 aromatic carbocycles. The third kappa shape index (κ3) is 35.3. The van der Waals surface area contributed by atoms with Crippen LogP contribution in [0.1, 0.15) is 225 Å². The maximum Gasteiger partial charge on any atom is 0.522 e. The highest BCUT2D eigenvalue weighted by Crippen LogP contribution is 2.49. The Kier molecular flexibility index (Phi) is 54.9. The fourth-order valence-corrected chi connectivity index (χ4v) is 21.3. The Labute approximate surface area is 878 Å². The number of aliphatic hydroxyl groups excluding tert-OH is 2. The molecule has 1 unspecified atom stereocenters. The van der Waals surface area contributed by atoms with Crippen LogP contribution in [0.4, 0.5) is 27.6 Å². The molecule has 0 saturated carbocycles. The Morgan fingerprint density at radius 1 is 0.404 bits per heavy atom. The number of aldehydes is 1. The summed E-state index contributed by atoms with van der Waals surface area (Å²) < 4.78 is 102. The van der Waals surface area contributed by atoms with Crippen LogP contribution in [-0.4, -0.2) is 149 Å². The van der Waals surface area contributed by atoms with Gasteiger partial charge in [0.1, 0.15) is 26.1 Å². The number of amides is 2. The predicted molar refractivity (Wildman–Crippen MR) is 576 cm³/mol. The minimum absolute atomic E-state index is 0. The first-order valence-corrected chi connectivity index (χ1v) is 51.5. The number of ether oxygens (including phenoxy) is 8. The summed E-state index contributed by atoms with van der Waals surface area (Å²) in [6.07, 6.45) is 6.32. The van der Waals surface area contributed by atoms with Gasteiger partial charge in [-0.05, 0) is 204 Å². The van der Waals surface area contributed by atoms with Crippen molar-refractivity contribution in [3.63, 3.8) is 0 Å². The van der Waals surface area contributed by atoms with Crippen LogP contribution in [0.5, 0.6) is 0 Å². The van der Waals surface area contributed by atoms with E-state index in [4.69, 9.17) is 89.9 Å². The molecular formula is C105H137Cl5F3N5O17S6. The minimum Gasteiger partial charge on any atom is -0.453 e. The summed E-state index contributed by atoms with van der Waals surface area (Å²) in [7, 11) is -5.84. The second kappa shape index (κ2) is 61.6. The number of rotatable bonds is 16. The van der Waals surface area contributed by atoms with Crippen molar-refractivity contribution in [1.82, 2.24) is 10.6 Å². The summed E-state index contributed by atoms with van der Waals surface area (Å²) in [6, 6.07) is 59.3. The van der Waals surface area contributed by atoms with Crippen LogP contribution in [0, 0.1) is 17.8 Å². The third-order valence-electron chi connectivity index (χ3n) is 23.1. The smallest absolute Gasteiger partial charge is 0.453 e. The van der Waals surface area contributed by atoms with Crippen molar-refractivity contribution in [2.45, 2.75) is 207 Å². The number of alkyl halides is 3. The van der Waals surface area contributed by atoms with E-state index in [1.54, 1.807) is 20.8 Å². The van der Waals surface area contributed by atoms with Crippen LogP contribution in [0.15, 0.2) is 203 Å². The Bertz CT molecular complexity index is 5240. The normalized spacial score (nSPS) is 17.4. The number of thiophene rings is 5. The molecule has 5 aliphatic heterocycles. The maximum atomic E-state index is 11.7. The van der Waals surface area contributed by atoms with Gasteiger partial charge in [-0.3, -0.25) is 4.55 Å². The van der Waals surface area contributed by atoms with E-state index in [-0.39, 0.29) is 152 Å². The van der Waals surface area contributed by atoms with E-state index < -0.39 is 39.3 Å². The van der Waals surface area contributed by atoms with E-state index in [0.717, 1.165) is 65.1 Å². The van der Waals surface area contributed by atoms with Crippen LogP contribution >= 0.6 is 118 Å². The first kappa shape index (κ1) is 126. The summed E-state index contributed by atoms with van der Waals surface area (Å²) >= 11 is 14.5. The van der Waals surface area contributed by atoms with Gasteiger partial charge in [-0.2, -0.15) is 21.6 Å². The molecule has 0 spiro atoms. The average Bonchev–Trinajstić information content (AvgIpc) is 1.62. The number of carbonyl (C=O) groups is 4. The molecule has 11 N–H and O–H groups in total. The van der Waals surface area contributed by atoms with Crippen molar-refractivity contribution in [3.8, 4) is 33.4 Å². The topological polar surface area (TPSA) is 339 Å². The molecule has 141 heavy (non-hydrogen) atoms. The second-order valence-electron chi connectivity index (χ2n) is 34.5. The van der Waals surface area contributed by atoms with Crippen molar-refractivity contribution >= 4 is 152 Å². The quantitative estimate of drug-likeness (QED) is 0.0146. The fourth-order valence-electron chi connectivity index (χ4n) is 16.7. The average molecular weight is 2170 g/mol. The number of hydrogen-bond donors (Lipinski definition) is 8. The molecule has 0 fully saturated rings. The number of carbonyl (C=O) groups excluding carboxylic acids is 4. The zero-order chi connectivity index (χ0) is 97.6. The molecule has 8 aliphatic rings. The van der Waals surface area contributed by atoms with E-state index in [0.29, 0.717) is 42.4 Å². The van der Waals surface area contributed by atoms with Gasteiger partial charge in [0.25, 0.3) is 0 Å². The summed E-state index contributed by atoms with van der Waals surface area (Å²) in [4.78, 5) is 52.3. The summed E-state index contributed by atoms with van der Waals surface area (Å²) in [6.45, 7) is 27.5. The largest absolute Gasteiger partial charge is 0.522 e. The van der Waals surface area contributed by atoms with E-state index >= 15 is 0 Å². The highest BCUT2D eigenvalue weighted by atomic mass is 35.5. The van der Waals surface area contributed by atoms with E-state index in [1.165, 1.54) is 119 Å². The van der Waals surface area contributed by atoms with Crippen LogP contribution in [0.2, 0.25) is 0 Å². The Hall–Kier alpha value is -7.75. The molecule has 2 amide bonds. The molecule has 22 nitrogen and oxygen atoms in total. The van der Waals surface area contributed by atoms with Gasteiger partial charge in [-0.15, -0.1) is 106 Å². The minimum atomic E-state index is -5.84. The molecule has 36 heteroatoms. The first-order chi connectivity index (χ1) is 64.6. The van der Waals surface area contributed by atoms with Crippen LogP contribution in [0.25, 0.3) is 33.4 Å². The summed E-state index contributed by atoms with van der Waals surface area (Å²) in [5.41, 5.74) is 31.6. The highest BCUT2D eigenvalue weighted by molar-refractivity contribution is 7.86. The van der Waals surface area contributed by atoms with Gasteiger partial charge in [0, 0.05) is 104 Å². The molecule has 10 atom stereocenters. The fraction of sp³-hybridized carbons (Fsp3) is 0.429. The molecule has 11 aromatic rings. The number of benzene rings is 6. The molecule has 776 valence electrons. The number of nitrogens with two attached hydrogens (primary N) is 3. The molecule has 5 aromatic heterocycles. The van der Waals surface area contributed by atoms with Crippen LogP contribution < -0.4 is 27.8 Å². The van der Waals surface area contributed by atoms with Gasteiger partial charge >= 0.3 is 33.2 Å². The van der Waals surface area contributed by atoms with Gasteiger partial charge in [0.2, 0.25) is 0 Å². The van der Waals surface area contributed by atoms with Gasteiger partial charge in [-0.1, -0.05) is 202 Å². The molecule has 19 rings (SSSR count). The van der Waals surface area contributed by atoms with Gasteiger partial charge in [0.05, 0.1) is 88.9 Å². The Morgan fingerprint density at radius 3 is 0.830 bits per heavy atom. The van der Waals surface area contributed by atoms with Crippen molar-refractivity contribution in [3.05, 3.63) is 288 Å². The Balaban J connectivity index is 0.000000332. The standard InChI is InChI=1S/C18H19NO3.C18H17NO3.C15H11ClO2.3C10H14OS.2C9H13NOS.C3H9NO.CHF3O3S.2CH4.4ClH/c2*1-12(10-20)19-18(21)22-11-17-15-8-4-2-6-13(15)14-7-3-5-9-16(14)17;16-15(17)18-9-14-12-7-3-1-5-10(12)11-6-2-4-8-13(11)14;3*1-7(2)10-8-4-6-12-9(8)3-5-11-10;2*1-6(10)9-7-3-5-12-8(7)2-4-11-9;1-3(4)2-5;2-1(3,4)8(5,6)7;;;;;;/h2-9,12,17,20H,10-11H2,1H3,(H,19,21);2-10,12,17H,11H2,1H3,(H,19,21);1-8,14H,9H2;3*4,6-7,10H,3,5H2,1-2H3;2*3,5-6,9H,2,4,10H2,1H3;3,5H,2,4H2,1H3;(H,5,6,7);2*1H4;4*1H/t2*12-;;2*10-;;6-,9+;6-,9-;3-;;;;;;;/m00.10.000......./s1. The molecule has 3 aliphatic carbocycles. The van der Waals surface area contributed by atoms with Crippen molar-refractivity contribution < 1.29 is 93.4 Å². The van der Waals surface area contributed by atoms with Gasteiger partial charge < -0.3 is 80.7 Å². The van der Waals surface area contributed by atoms with Crippen molar-refractivity contribution in [2.75, 3.05) is 66.1 Å². The SMILES string of the molecule is C.C.CC(C)C1OCCc2sccc21.CC(C)[C@@H]1OCCc2sccc21.CC(C)[C@H]1OCCc2sccc21.C[C@@H](C=O)NC(=O)OCC1c2ccccc2-c2ccccc21.C[C@@H](CO)NC(=O)OCC1c2ccccc2-c2ccccc21.C[C@H](N)CO.C[C@H](N)[C@@H]1OCCc2sccc21.C[C@H](N)[C@H]1OCCc2sccc21.Cl.Cl.Cl.Cl.O=C(Cl)OCC1c2ccccc2-c2ccccc21.O=S(=O)(O)C(F)(F)F. The van der Waals surface area contributed by atoms with Gasteiger partial charge in [0.15, 0.2) is 0 Å². The van der Waals surface area contributed by atoms with Gasteiger partial charge in [-0.25, -0.2) is 14.4 Å². The number of nitrogens with one attached hydrogen (secondary N) is 2. The van der Waals surface area contributed by atoms with Crippen LogP contribution in [0.3, 0.4) is 0 Å². The zero-order valence-corrected chi connectivity index (χ0v) is 88.4. The predicted octanol–water partition coefficient (Wildman–Crippen LogP) is 25.3. The number of aliphatic hydroxyl groups is 2. The molecule has 0 bridgehead atoms. The molecular weight excluding hydrogens is 2030 g/mol. The second-order valence-corrected chi connectivity index (χ2v) is 41.2. The number of alkyl carbamates (subject to hydrolysis) is 2. The lowest BCUT2D eigenvalue weighted by atomic mass is 9.97. The highest BCUT2D eigenvalue weighted by Gasteiger charge is 2.45. The first-order valence-electron chi connectivity index (χ1n) is 45.2. The van der Waals surface area contributed by atoms with E-state index in [9.17, 15) is 32.3 Å². The van der Waals surface area contributed by atoms with E-state index in [2.05, 4.69) is 182 Å². The number of fused-ring (bicyclic) bond motifs is 14. The monoisotopic (exact) mass is 2160 g/mol. The van der Waals surface area contributed by atoms with Crippen molar-refractivity contribution in [1.29, 1.82) is 0 Å². The lowest BCUT2D eigenvalue weighted by Gasteiger charge is -2.26.